The lowest BCUT2D eigenvalue weighted by molar-refractivity contribution is 0.0518. The van der Waals surface area contributed by atoms with Crippen LogP contribution in [0.5, 0.6) is 0 Å². The molecule has 1 amide bonds. The number of carbonyl (C=O) groups excluding carboxylic acids is 1. The number of benzene rings is 1. The minimum atomic E-state index is -0.516. The molecule has 0 bridgehead atoms. The second-order valence-corrected chi connectivity index (χ2v) is 6.46. The second kappa shape index (κ2) is 7.29. The van der Waals surface area contributed by atoms with Crippen LogP contribution < -0.4 is 5.32 Å². The van der Waals surface area contributed by atoms with E-state index in [1.807, 2.05) is 56.1 Å². The van der Waals surface area contributed by atoms with Crippen LogP contribution in [0.2, 0.25) is 0 Å². The fraction of sp³-hybridized carbons (Fsp3) is 0.529. The molecule has 0 unspecified atom stereocenters. The molecule has 5 heteroatoms. The summed E-state index contributed by atoms with van der Waals surface area (Å²) in [6.45, 7) is 7.50. The minimum Gasteiger partial charge on any atom is -0.444 e. The van der Waals surface area contributed by atoms with E-state index in [4.69, 9.17) is 4.74 Å². The Bertz CT molecular complexity index is 502. The highest BCUT2D eigenvalue weighted by atomic mass is 16.6. The van der Waals surface area contributed by atoms with Crippen LogP contribution in [0.1, 0.15) is 45.2 Å². The van der Waals surface area contributed by atoms with Crippen LogP contribution in [-0.2, 0) is 4.74 Å². The molecule has 120 valence electrons. The first-order chi connectivity index (χ1) is 10.4. The number of carbonyl (C=O) groups is 1. The highest BCUT2D eigenvalue weighted by Gasteiger charge is 2.20. The molecule has 1 aromatic rings. The van der Waals surface area contributed by atoms with E-state index in [0.717, 1.165) is 18.7 Å². The quantitative estimate of drug-likeness (QED) is 0.868. The third kappa shape index (κ3) is 5.39. The molecule has 1 aliphatic heterocycles. The fourth-order valence-corrected chi connectivity index (χ4v) is 2.28. The van der Waals surface area contributed by atoms with Crippen LogP contribution in [0.15, 0.2) is 35.4 Å². The largest absolute Gasteiger partial charge is 0.444 e. The van der Waals surface area contributed by atoms with Gasteiger partial charge in [-0.15, -0.1) is 0 Å². The van der Waals surface area contributed by atoms with E-state index in [-0.39, 0.29) is 6.04 Å². The Hall–Kier alpha value is -2.04. The zero-order valence-corrected chi connectivity index (χ0v) is 13.6. The summed E-state index contributed by atoms with van der Waals surface area (Å²) < 4.78 is 5.34. The van der Waals surface area contributed by atoms with Gasteiger partial charge in [0.05, 0.1) is 12.3 Å². The van der Waals surface area contributed by atoms with Crippen LogP contribution in [0, 0.1) is 0 Å². The lowest BCUT2D eigenvalue weighted by Crippen LogP contribution is -2.35. The van der Waals surface area contributed by atoms with Gasteiger partial charge in [-0.25, -0.2) is 4.79 Å². The average molecular weight is 303 g/mol. The number of hydrogen-bond acceptors (Lipinski definition) is 4. The molecule has 0 radical (unpaired) electrons. The number of nitrogens with one attached hydrogen (secondary N) is 1. The SMILES string of the molecule is CC(C)(C)OC(=O)N[C@H](/C=N/N1CCCC1)c1ccccc1. The lowest BCUT2D eigenvalue weighted by atomic mass is 10.1. The molecule has 1 saturated heterocycles. The van der Waals surface area contributed by atoms with Gasteiger partial charge < -0.3 is 10.1 Å². The molecule has 0 spiro atoms. The molecule has 0 saturated carbocycles. The smallest absolute Gasteiger partial charge is 0.408 e. The fourth-order valence-electron chi connectivity index (χ4n) is 2.28. The molecule has 1 atom stereocenters. The Morgan fingerprint density at radius 1 is 1.27 bits per heavy atom. The van der Waals surface area contributed by atoms with Crippen molar-refractivity contribution in [3.8, 4) is 0 Å². The van der Waals surface area contributed by atoms with E-state index in [1.165, 1.54) is 12.8 Å². The molecule has 1 fully saturated rings. The van der Waals surface area contributed by atoms with Gasteiger partial charge in [0, 0.05) is 13.1 Å². The van der Waals surface area contributed by atoms with Gasteiger partial charge in [0.15, 0.2) is 0 Å². The zero-order valence-electron chi connectivity index (χ0n) is 13.6. The zero-order chi connectivity index (χ0) is 16.0. The van der Waals surface area contributed by atoms with Crippen LogP contribution in [0.3, 0.4) is 0 Å². The number of hydrazone groups is 1. The number of nitrogens with zero attached hydrogens (tertiary/aromatic N) is 2. The Morgan fingerprint density at radius 2 is 1.91 bits per heavy atom. The van der Waals surface area contributed by atoms with Crippen molar-refractivity contribution in [2.45, 2.75) is 45.3 Å². The summed E-state index contributed by atoms with van der Waals surface area (Å²) in [6, 6.07) is 9.49. The van der Waals surface area contributed by atoms with Gasteiger partial charge >= 0.3 is 6.09 Å². The Labute approximate surface area is 132 Å². The maximum absolute atomic E-state index is 12.0. The molecular weight excluding hydrogens is 278 g/mol. The molecular formula is C17H25N3O2. The van der Waals surface area contributed by atoms with E-state index in [2.05, 4.69) is 10.4 Å². The normalized spacial score (nSPS) is 16.8. The van der Waals surface area contributed by atoms with E-state index < -0.39 is 11.7 Å². The summed E-state index contributed by atoms with van der Waals surface area (Å²) in [5.41, 5.74) is 0.466. The van der Waals surface area contributed by atoms with Gasteiger partial charge in [0.2, 0.25) is 0 Å². The van der Waals surface area contributed by atoms with Crippen molar-refractivity contribution in [3.63, 3.8) is 0 Å². The van der Waals surface area contributed by atoms with Crippen molar-refractivity contribution >= 4 is 12.3 Å². The summed E-state index contributed by atoms with van der Waals surface area (Å²) in [5, 5.41) is 9.40. The first kappa shape index (κ1) is 16.3. The Morgan fingerprint density at radius 3 is 2.50 bits per heavy atom. The molecule has 5 nitrogen and oxygen atoms in total. The molecule has 0 aromatic heterocycles. The van der Waals surface area contributed by atoms with Gasteiger partial charge in [-0.1, -0.05) is 30.3 Å². The maximum atomic E-state index is 12.0. The molecule has 1 heterocycles. The van der Waals surface area contributed by atoms with Crippen LogP contribution >= 0.6 is 0 Å². The summed E-state index contributed by atoms with van der Waals surface area (Å²) in [4.78, 5) is 12.0. The van der Waals surface area contributed by atoms with Crippen LogP contribution in [0.25, 0.3) is 0 Å². The predicted molar refractivity (Wildman–Crippen MR) is 87.9 cm³/mol. The van der Waals surface area contributed by atoms with Gasteiger partial charge in [-0.2, -0.15) is 5.10 Å². The monoisotopic (exact) mass is 303 g/mol. The molecule has 0 aliphatic carbocycles. The van der Waals surface area contributed by atoms with E-state index in [9.17, 15) is 4.79 Å². The van der Waals surface area contributed by atoms with Gasteiger partial charge in [-0.3, -0.25) is 5.01 Å². The molecule has 1 N–H and O–H groups in total. The van der Waals surface area contributed by atoms with Crippen LogP contribution in [0.4, 0.5) is 4.79 Å². The molecule has 2 rings (SSSR count). The number of ether oxygens (including phenoxy) is 1. The summed E-state index contributed by atoms with van der Waals surface area (Å²) in [6.07, 6.45) is 3.69. The van der Waals surface area contributed by atoms with E-state index in [1.54, 1.807) is 6.21 Å². The third-order valence-corrected chi connectivity index (χ3v) is 3.29. The number of hydrogen-bond donors (Lipinski definition) is 1. The summed E-state index contributed by atoms with van der Waals surface area (Å²) in [7, 11) is 0. The van der Waals surface area contributed by atoms with Crippen molar-refractivity contribution in [3.05, 3.63) is 35.9 Å². The van der Waals surface area contributed by atoms with Crippen molar-refractivity contribution in [1.29, 1.82) is 0 Å². The predicted octanol–water partition coefficient (Wildman–Crippen LogP) is 3.33. The van der Waals surface area contributed by atoms with Gasteiger partial charge in [0.25, 0.3) is 0 Å². The minimum absolute atomic E-state index is 0.295. The van der Waals surface area contributed by atoms with Crippen molar-refractivity contribution in [2.75, 3.05) is 13.1 Å². The van der Waals surface area contributed by atoms with Crippen molar-refractivity contribution in [1.82, 2.24) is 10.3 Å². The second-order valence-electron chi connectivity index (χ2n) is 6.46. The number of amides is 1. The highest BCUT2D eigenvalue weighted by molar-refractivity contribution is 5.76. The topological polar surface area (TPSA) is 53.9 Å². The third-order valence-electron chi connectivity index (χ3n) is 3.29. The molecule has 1 aliphatic rings. The van der Waals surface area contributed by atoms with Crippen molar-refractivity contribution < 1.29 is 9.53 Å². The summed E-state index contributed by atoms with van der Waals surface area (Å²) in [5.74, 6) is 0. The average Bonchev–Trinajstić information content (AvgIpc) is 2.95. The first-order valence-electron chi connectivity index (χ1n) is 7.77. The van der Waals surface area contributed by atoms with Gasteiger partial charge in [0.1, 0.15) is 5.60 Å². The first-order valence-corrected chi connectivity index (χ1v) is 7.77. The van der Waals surface area contributed by atoms with Crippen LogP contribution in [-0.4, -0.2) is 36.0 Å². The van der Waals surface area contributed by atoms with Gasteiger partial charge in [-0.05, 0) is 39.2 Å². The summed E-state index contributed by atoms with van der Waals surface area (Å²) >= 11 is 0. The van der Waals surface area contributed by atoms with E-state index in [0.29, 0.717) is 0 Å². The maximum Gasteiger partial charge on any atom is 0.408 e. The highest BCUT2D eigenvalue weighted by Crippen LogP contribution is 2.14. The Balaban J connectivity index is 2.06. The van der Waals surface area contributed by atoms with E-state index >= 15 is 0 Å². The van der Waals surface area contributed by atoms with Crippen molar-refractivity contribution in [2.24, 2.45) is 5.10 Å². The number of rotatable bonds is 4. The number of alkyl carbamates (subject to hydrolysis) is 1. The lowest BCUT2D eigenvalue weighted by Gasteiger charge is -2.22. The standard InChI is InChI=1S/C17H25N3O2/c1-17(2,3)22-16(21)19-15(14-9-5-4-6-10-14)13-18-20-11-7-8-12-20/h4-6,9-10,13,15H,7-8,11-12H2,1-3H3,(H,19,21)/b18-13+/t15-/m1/s1. The Kier molecular flexibility index (Phi) is 5.41. The molecule has 1 aromatic carbocycles. The molecule has 22 heavy (non-hydrogen) atoms.